The number of carbonyl (C=O) groups is 4. The van der Waals surface area contributed by atoms with Crippen LogP contribution in [0.4, 0.5) is 0 Å². The number of nitrogens with one attached hydrogen (secondary N) is 4. The molecule has 0 aliphatic carbocycles. The topological polar surface area (TPSA) is 157 Å². The van der Waals surface area contributed by atoms with Gasteiger partial charge in [-0.2, -0.15) is 0 Å². The molecule has 2 aromatic carbocycles. The molecule has 0 heterocycles. The van der Waals surface area contributed by atoms with Crippen molar-refractivity contribution in [1.82, 2.24) is 21.7 Å². The number of hydrazine groups is 2. The standard InChI is InChI=1S/C40H62N4O6/c1-5-9-12-14-17-20-29-23-25-35(45)33(27-29)39(49)43-41-37(47)31(19-8-4)32(22-16-11-7-3)38(48)42-44-40(50)34-28-30(24-26-36(34)46)21-18-15-13-10-6-2/h23-28,31-32,45-46H,5-22H2,1-4H3,(H,41,47)(H,42,48)(H,43,49)(H,44,50). The highest BCUT2D eigenvalue weighted by Crippen LogP contribution is 2.26. The van der Waals surface area contributed by atoms with Crippen LogP contribution in [0, 0.1) is 11.8 Å². The van der Waals surface area contributed by atoms with Crippen molar-refractivity contribution in [1.29, 1.82) is 0 Å². The highest BCUT2D eigenvalue weighted by molar-refractivity contribution is 5.99. The monoisotopic (exact) mass is 694 g/mol. The zero-order valence-corrected chi connectivity index (χ0v) is 30.9. The third-order valence-electron chi connectivity index (χ3n) is 9.23. The van der Waals surface area contributed by atoms with E-state index in [0.29, 0.717) is 25.7 Å². The van der Waals surface area contributed by atoms with E-state index in [4.69, 9.17) is 0 Å². The second kappa shape index (κ2) is 24.1. The molecule has 0 fully saturated rings. The van der Waals surface area contributed by atoms with Crippen LogP contribution in [0.5, 0.6) is 11.5 Å². The van der Waals surface area contributed by atoms with Gasteiger partial charge in [-0.1, -0.05) is 117 Å². The molecule has 0 aliphatic rings. The Bertz CT molecular complexity index is 1350. The number of phenolic OH excluding ortho intramolecular Hbond substituents is 2. The van der Waals surface area contributed by atoms with Crippen LogP contribution in [0.2, 0.25) is 0 Å². The highest BCUT2D eigenvalue weighted by Gasteiger charge is 2.33. The molecule has 2 unspecified atom stereocenters. The summed E-state index contributed by atoms with van der Waals surface area (Å²) in [5.41, 5.74) is 11.8. The van der Waals surface area contributed by atoms with Gasteiger partial charge in [-0.3, -0.25) is 40.9 Å². The minimum atomic E-state index is -0.790. The first kappa shape index (κ1) is 42.1. The predicted octanol–water partition coefficient (Wildman–Crippen LogP) is 7.96. The molecule has 10 heteroatoms. The zero-order valence-electron chi connectivity index (χ0n) is 30.9. The molecule has 0 aliphatic heterocycles. The number of phenols is 2. The van der Waals surface area contributed by atoms with Crippen LogP contribution < -0.4 is 21.7 Å². The van der Waals surface area contributed by atoms with E-state index in [2.05, 4.69) is 35.6 Å². The number of carbonyl (C=O) groups excluding carboxylic acids is 4. The fourth-order valence-electron chi connectivity index (χ4n) is 6.22. The van der Waals surface area contributed by atoms with Gasteiger partial charge in [-0.25, -0.2) is 0 Å². The molecule has 0 saturated heterocycles. The van der Waals surface area contributed by atoms with E-state index in [1.807, 2.05) is 13.8 Å². The maximum absolute atomic E-state index is 13.6. The summed E-state index contributed by atoms with van der Waals surface area (Å²) in [5.74, 6) is -4.30. The second-order valence-corrected chi connectivity index (χ2v) is 13.4. The maximum Gasteiger partial charge on any atom is 0.273 e. The van der Waals surface area contributed by atoms with Crippen LogP contribution in [0.3, 0.4) is 0 Å². The molecule has 10 nitrogen and oxygen atoms in total. The van der Waals surface area contributed by atoms with Crippen molar-refractivity contribution in [3.63, 3.8) is 0 Å². The van der Waals surface area contributed by atoms with E-state index in [0.717, 1.165) is 88.2 Å². The van der Waals surface area contributed by atoms with E-state index >= 15 is 0 Å². The number of unbranched alkanes of at least 4 members (excludes halogenated alkanes) is 10. The van der Waals surface area contributed by atoms with Crippen molar-refractivity contribution in [3.05, 3.63) is 58.7 Å². The fourth-order valence-corrected chi connectivity index (χ4v) is 6.22. The van der Waals surface area contributed by atoms with Crippen LogP contribution in [0.1, 0.15) is 162 Å². The van der Waals surface area contributed by atoms with Gasteiger partial charge in [0.05, 0.1) is 23.0 Å². The quantitative estimate of drug-likeness (QED) is 0.0512. The summed E-state index contributed by atoms with van der Waals surface area (Å²) in [6.07, 6.45) is 16.6. The number of aromatic hydroxyl groups is 2. The third-order valence-corrected chi connectivity index (χ3v) is 9.23. The summed E-state index contributed by atoms with van der Waals surface area (Å²) in [5, 5.41) is 20.8. The Morgan fingerprint density at radius 3 is 1.32 bits per heavy atom. The normalized spacial score (nSPS) is 12.2. The van der Waals surface area contributed by atoms with Crippen LogP contribution in [-0.4, -0.2) is 33.8 Å². The van der Waals surface area contributed by atoms with Gasteiger partial charge >= 0.3 is 0 Å². The minimum Gasteiger partial charge on any atom is -0.507 e. The number of hydrogen-bond acceptors (Lipinski definition) is 6. The van der Waals surface area contributed by atoms with Crippen LogP contribution in [0.15, 0.2) is 36.4 Å². The molecule has 0 spiro atoms. The Morgan fingerprint density at radius 2 is 0.900 bits per heavy atom. The summed E-state index contributed by atoms with van der Waals surface area (Å²) in [6.45, 7) is 8.29. The summed E-state index contributed by atoms with van der Waals surface area (Å²) < 4.78 is 0. The summed E-state index contributed by atoms with van der Waals surface area (Å²) in [7, 11) is 0. The van der Waals surface area contributed by atoms with Crippen molar-refractivity contribution in [2.24, 2.45) is 11.8 Å². The van der Waals surface area contributed by atoms with Gasteiger partial charge in [0.15, 0.2) is 0 Å². The van der Waals surface area contributed by atoms with Gasteiger partial charge in [-0.05, 0) is 73.9 Å². The van der Waals surface area contributed by atoms with Crippen LogP contribution in [0.25, 0.3) is 0 Å². The Hall–Kier alpha value is -4.08. The zero-order chi connectivity index (χ0) is 36.7. The Kier molecular flexibility index (Phi) is 20.3. The smallest absolute Gasteiger partial charge is 0.273 e. The lowest BCUT2D eigenvalue weighted by molar-refractivity contribution is -0.136. The van der Waals surface area contributed by atoms with E-state index < -0.39 is 35.5 Å². The molecule has 4 amide bonds. The van der Waals surface area contributed by atoms with Crippen molar-refractivity contribution in [2.45, 2.75) is 143 Å². The van der Waals surface area contributed by atoms with Crippen molar-refractivity contribution in [3.8, 4) is 11.5 Å². The first-order valence-electron chi connectivity index (χ1n) is 19.0. The largest absolute Gasteiger partial charge is 0.507 e. The molecule has 0 saturated carbocycles. The first-order valence-corrected chi connectivity index (χ1v) is 19.0. The fraction of sp³-hybridized carbons (Fsp3) is 0.600. The molecule has 2 atom stereocenters. The lowest BCUT2D eigenvalue weighted by Gasteiger charge is -2.26. The average Bonchev–Trinajstić information content (AvgIpc) is 3.11. The Labute approximate surface area is 299 Å². The summed E-state index contributed by atoms with van der Waals surface area (Å²) >= 11 is 0. The van der Waals surface area contributed by atoms with Gasteiger partial charge in [0.25, 0.3) is 11.8 Å². The van der Waals surface area contributed by atoms with E-state index in [1.54, 1.807) is 24.3 Å². The van der Waals surface area contributed by atoms with Crippen molar-refractivity contribution < 1.29 is 29.4 Å². The molecule has 2 aromatic rings. The van der Waals surface area contributed by atoms with E-state index in [-0.39, 0.29) is 22.6 Å². The average molecular weight is 695 g/mol. The minimum absolute atomic E-state index is 0.0622. The maximum atomic E-state index is 13.6. The van der Waals surface area contributed by atoms with Crippen molar-refractivity contribution in [2.75, 3.05) is 0 Å². The van der Waals surface area contributed by atoms with Crippen molar-refractivity contribution >= 4 is 23.6 Å². The van der Waals surface area contributed by atoms with Gasteiger partial charge < -0.3 is 10.2 Å². The molecule has 50 heavy (non-hydrogen) atoms. The Balaban J connectivity index is 2.09. The van der Waals surface area contributed by atoms with Gasteiger partial charge in [-0.15, -0.1) is 0 Å². The Morgan fingerprint density at radius 1 is 0.500 bits per heavy atom. The van der Waals surface area contributed by atoms with E-state index in [1.165, 1.54) is 25.0 Å². The number of aryl methyl sites for hydroxylation is 2. The van der Waals surface area contributed by atoms with E-state index in [9.17, 15) is 29.4 Å². The summed E-state index contributed by atoms with van der Waals surface area (Å²) in [4.78, 5) is 53.2. The number of hydrogen-bond donors (Lipinski definition) is 6. The number of rotatable bonds is 23. The lowest BCUT2D eigenvalue weighted by Crippen LogP contribution is -2.51. The number of amides is 4. The third kappa shape index (κ3) is 14.8. The SMILES string of the molecule is CCCCCCCc1ccc(O)c(C(=O)NNC(=O)C(CCC)C(CCCCC)C(=O)NNC(=O)c2cc(CCCCCCC)ccc2O)c1. The van der Waals surface area contributed by atoms with Gasteiger partial charge in [0.2, 0.25) is 11.8 Å². The predicted molar refractivity (Wildman–Crippen MR) is 198 cm³/mol. The van der Waals surface area contributed by atoms with Crippen LogP contribution in [-0.2, 0) is 22.4 Å². The second-order valence-electron chi connectivity index (χ2n) is 13.4. The van der Waals surface area contributed by atoms with Crippen LogP contribution >= 0.6 is 0 Å². The molecular weight excluding hydrogens is 632 g/mol. The first-order chi connectivity index (χ1) is 24.2. The molecule has 278 valence electrons. The van der Waals surface area contributed by atoms with Gasteiger partial charge in [0, 0.05) is 0 Å². The molecule has 0 bridgehead atoms. The molecule has 0 aromatic heterocycles. The highest BCUT2D eigenvalue weighted by atomic mass is 16.3. The molecule has 0 radical (unpaired) electrons. The molecule has 6 N–H and O–H groups in total. The summed E-state index contributed by atoms with van der Waals surface area (Å²) in [6, 6.07) is 9.87. The molecule has 2 rings (SSSR count). The molecular formula is C40H62N4O6. The lowest BCUT2D eigenvalue weighted by atomic mass is 9.83. The number of benzene rings is 2. The van der Waals surface area contributed by atoms with Gasteiger partial charge in [0.1, 0.15) is 11.5 Å².